The van der Waals surface area contributed by atoms with Gasteiger partial charge in [-0.3, -0.25) is 4.79 Å². The summed E-state index contributed by atoms with van der Waals surface area (Å²) in [4.78, 5) is 20.3. The lowest BCUT2D eigenvalue weighted by Crippen LogP contribution is -2.46. The number of allylic oxidation sites excluding steroid dienone is 2. The summed E-state index contributed by atoms with van der Waals surface area (Å²) in [5.41, 5.74) is 4.67. The van der Waals surface area contributed by atoms with Crippen molar-refractivity contribution in [1.29, 1.82) is 0 Å². The number of terminal acetylenes is 1. The third kappa shape index (κ3) is 6.30. The number of esters is 1. The third-order valence-corrected chi connectivity index (χ3v) is 5.45. The Bertz CT molecular complexity index is 1090. The summed E-state index contributed by atoms with van der Waals surface area (Å²) in [7, 11) is 0. The molecule has 1 heterocycles. The predicted molar refractivity (Wildman–Crippen MR) is 130 cm³/mol. The number of benzene rings is 2. The van der Waals surface area contributed by atoms with Crippen LogP contribution in [0, 0.1) is 31.0 Å². The molecule has 1 saturated heterocycles. The highest BCUT2D eigenvalue weighted by Crippen LogP contribution is 2.26. The van der Waals surface area contributed by atoms with Crippen molar-refractivity contribution in [1.82, 2.24) is 10.2 Å². The van der Waals surface area contributed by atoms with Crippen LogP contribution in [0.5, 0.6) is 0 Å². The first kappa shape index (κ1) is 24.2. The number of hydrogen-bond acceptors (Lipinski definition) is 5. The molecule has 1 unspecified atom stereocenters. The van der Waals surface area contributed by atoms with Gasteiger partial charge in [-0.2, -0.15) is 0 Å². The Morgan fingerprint density at radius 2 is 1.94 bits per heavy atom. The highest BCUT2D eigenvalue weighted by molar-refractivity contribution is 6.14. The fourth-order valence-corrected chi connectivity index (χ4v) is 3.82. The Balaban J connectivity index is 1.99. The average molecular weight is 448 g/mol. The Kier molecular flexibility index (Phi) is 8.39. The van der Waals surface area contributed by atoms with Crippen molar-refractivity contribution >= 4 is 17.4 Å². The summed E-state index contributed by atoms with van der Waals surface area (Å²) < 4.78 is 19.0. The van der Waals surface area contributed by atoms with Crippen LogP contribution in [0.1, 0.15) is 25.0 Å². The van der Waals surface area contributed by atoms with Gasteiger partial charge in [-0.1, -0.05) is 41.8 Å². The van der Waals surface area contributed by atoms with Crippen LogP contribution in [0.2, 0.25) is 0 Å². The number of para-hydroxylation sites is 1. The maximum atomic E-state index is 13.5. The van der Waals surface area contributed by atoms with Gasteiger partial charge in [0.25, 0.3) is 0 Å². The van der Waals surface area contributed by atoms with Crippen molar-refractivity contribution in [2.75, 3.05) is 26.2 Å². The number of aliphatic imine (C=N–C) groups is 1. The van der Waals surface area contributed by atoms with E-state index in [1.165, 1.54) is 12.1 Å². The smallest absolute Gasteiger partial charge is 0.327 e. The Hall–Kier alpha value is -3.43. The molecule has 1 aliphatic heterocycles. The van der Waals surface area contributed by atoms with E-state index in [0.29, 0.717) is 11.3 Å². The van der Waals surface area contributed by atoms with Gasteiger partial charge in [0.2, 0.25) is 0 Å². The van der Waals surface area contributed by atoms with E-state index in [-0.39, 0.29) is 12.4 Å². The number of hydrogen-bond donors (Lipinski definition) is 1. The van der Waals surface area contributed by atoms with Crippen LogP contribution in [-0.2, 0) is 16.1 Å². The molecule has 0 amide bonds. The molecule has 1 atom stereocenters. The maximum Gasteiger partial charge on any atom is 0.327 e. The number of aryl methyl sites for hydroxylation is 1. The highest BCUT2D eigenvalue weighted by Gasteiger charge is 2.31. The fraction of sp³-hybridized carbons (Fsp3) is 0.333. The summed E-state index contributed by atoms with van der Waals surface area (Å²) in [6.07, 6.45) is 5.88. The Morgan fingerprint density at radius 3 is 2.58 bits per heavy atom. The number of nitrogens with zero attached hydrogens (tertiary/aromatic N) is 2. The standard InChI is InChI=1S/C27H30FN3O2/c1-5-23(27(32)33-18-21-10-8-11-22(28)17-21)25(30-24-12-7-6-9-20(24)4)26(19(2)3)31-15-13-29-14-16-31/h1,6-12,17,23,29H,13-16,18H2,2-4H3. The van der Waals surface area contributed by atoms with Crippen molar-refractivity contribution < 1.29 is 13.9 Å². The lowest BCUT2D eigenvalue weighted by atomic mass is 9.96. The molecule has 172 valence electrons. The second kappa shape index (κ2) is 11.4. The molecule has 0 saturated carbocycles. The van der Waals surface area contributed by atoms with Crippen molar-refractivity contribution in [2.45, 2.75) is 27.4 Å². The summed E-state index contributed by atoms with van der Waals surface area (Å²) in [5, 5.41) is 3.35. The Labute approximate surface area is 195 Å². The van der Waals surface area contributed by atoms with Gasteiger partial charge in [-0.25, -0.2) is 9.38 Å². The molecule has 0 aromatic heterocycles. The SMILES string of the molecule is C#CC(C(=O)OCc1cccc(F)c1)C(=Nc1ccccc1C)C(=C(C)C)N1CCNCC1. The van der Waals surface area contributed by atoms with Crippen LogP contribution >= 0.6 is 0 Å². The van der Waals surface area contributed by atoms with Crippen molar-refractivity contribution in [3.05, 3.63) is 76.7 Å². The van der Waals surface area contributed by atoms with E-state index in [1.807, 2.05) is 45.0 Å². The highest BCUT2D eigenvalue weighted by atomic mass is 19.1. The zero-order valence-corrected chi connectivity index (χ0v) is 19.4. The van der Waals surface area contributed by atoms with Gasteiger partial charge in [-0.15, -0.1) is 6.42 Å². The molecule has 0 bridgehead atoms. The molecule has 1 fully saturated rings. The predicted octanol–water partition coefficient (Wildman–Crippen LogP) is 4.40. The molecule has 0 aliphatic carbocycles. The van der Waals surface area contributed by atoms with Gasteiger partial charge in [0.15, 0.2) is 5.92 Å². The first-order valence-electron chi connectivity index (χ1n) is 11.1. The number of piperazine rings is 1. The number of halogens is 1. The summed E-state index contributed by atoms with van der Waals surface area (Å²) in [6.45, 7) is 9.12. The minimum atomic E-state index is -1.00. The van der Waals surface area contributed by atoms with E-state index < -0.39 is 11.9 Å². The van der Waals surface area contributed by atoms with Crippen molar-refractivity contribution in [3.63, 3.8) is 0 Å². The fourth-order valence-electron chi connectivity index (χ4n) is 3.82. The van der Waals surface area contributed by atoms with E-state index in [1.54, 1.807) is 12.1 Å². The van der Waals surface area contributed by atoms with E-state index in [9.17, 15) is 9.18 Å². The number of nitrogens with one attached hydrogen (secondary N) is 1. The Morgan fingerprint density at radius 1 is 1.21 bits per heavy atom. The molecule has 1 N–H and O–H groups in total. The zero-order valence-electron chi connectivity index (χ0n) is 19.4. The number of carbonyl (C=O) groups is 1. The minimum Gasteiger partial charge on any atom is -0.460 e. The molecule has 5 nitrogen and oxygen atoms in total. The molecule has 1 aliphatic rings. The normalized spacial score (nSPS) is 14.9. The number of rotatable bonds is 7. The van der Waals surface area contributed by atoms with Gasteiger partial charge >= 0.3 is 5.97 Å². The van der Waals surface area contributed by atoms with Gasteiger partial charge in [0, 0.05) is 26.2 Å². The van der Waals surface area contributed by atoms with Crippen LogP contribution in [0.4, 0.5) is 10.1 Å². The first-order valence-corrected chi connectivity index (χ1v) is 11.1. The largest absolute Gasteiger partial charge is 0.460 e. The summed E-state index contributed by atoms with van der Waals surface area (Å²) in [6, 6.07) is 13.7. The molecule has 0 radical (unpaired) electrons. The minimum absolute atomic E-state index is 0.0653. The molecule has 3 rings (SSSR count). The molecule has 6 heteroatoms. The molecule has 33 heavy (non-hydrogen) atoms. The summed E-state index contributed by atoms with van der Waals surface area (Å²) >= 11 is 0. The lowest BCUT2D eigenvalue weighted by Gasteiger charge is -2.34. The van der Waals surface area contributed by atoms with Crippen LogP contribution in [0.3, 0.4) is 0 Å². The molecule has 2 aromatic rings. The van der Waals surface area contributed by atoms with Crippen LogP contribution in [-0.4, -0.2) is 42.8 Å². The van der Waals surface area contributed by atoms with E-state index in [4.69, 9.17) is 16.2 Å². The van der Waals surface area contributed by atoms with Gasteiger partial charge in [0.1, 0.15) is 12.4 Å². The molecular weight excluding hydrogens is 417 g/mol. The monoisotopic (exact) mass is 447 g/mol. The second-order valence-corrected chi connectivity index (χ2v) is 8.21. The molecule has 0 spiro atoms. The van der Waals surface area contributed by atoms with Gasteiger partial charge < -0.3 is 15.0 Å². The van der Waals surface area contributed by atoms with E-state index in [0.717, 1.165) is 48.7 Å². The topological polar surface area (TPSA) is 53.9 Å². The quantitative estimate of drug-likeness (QED) is 0.388. The second-order valence-electron chi connectivity index (χ2n) is 8.21. The lowest BCUT2D eigenvalue weighted by molar-refractivity contribution is -0.145. The van der Waals surface area contributed by atoms with Crippen molar-refractivity contribution in [3.8, 4) is 12.3 Å². The summed E-state index contributed by atoms with van der Waals surface area (Å²) in [5.74, 6) is 0.641. The van der Waals surface area contributed by atoms with Crippen LogP contribution in [0.15, 0.2) is 64.8 Å². The van der Waals surface area contributed by atoms with E-state index >= 15 is 0 Å². The zero-order chi connectivity index (χ0) is 23.8. The van der Waals surface area contributed by atoms with E-state index in [2.05, 4.69) is 16.1 Å². The molecular formula is C27H30FN3O2. The first-order chi connectivity index (χ1) is 15.9. The number of carbonyl (C=O) groups excluding carboxylic acids is 1. The van der Waals surface area contributed by atoms with Gasteiger partial charge in [0.05, 0.1) is 17.1 Å². The third-order valence-electron chi connectivity index (χ3n) is 5.45. The number of ether oxygens (including phenoxy) is 1. The van der Waals surface area contributed by atoms with Crippen molar-refractivity contribution in [2.24, 2.45) is 10.9 Å². The maximum absolute atomic E-state index is 13.5. The van der Waals surface area contributed by atoms with Crippen LogP contribution in [0.25, 0.3) is 0 Å². The van der Waals surface area contributed by atoms with Crippen LogP contribution < -0.4 is 5.32 Å². The molecule has 2 aromatic carbocycles. The average Bonchev–Trinajstić information content (AvgIpc) is 2.80. The van der Waals surface area contributed by atoms with Gasteiger partial charge in [-0.05, 0) is 50.1 Å².